The van der Waals surface area contributed by atoms with Crippen LogP contribution in [0.3, 0.4) is 0 Å². The molecule has 4 heteroatoms. The van der Waals surface area contributed by atoms with Gasteiger partial charge in [0.15, 0.2) is 0 Å². The molecule has 0 amide bonds. The topological polar surface area (TPSA) is 61.5 Å². The number of hydrogen-bond donors (Lipinski definition) is 1. The van der Waals surface area contributed by atoms with Crippen molar-refractivity contribution in [3.63, 3.8) is 0 Å². The van der Waals surface area contributed by atoms with Crippen LogP contribution in [0.1, 0.15) is 15.9 Å². The largest absolute Gasteiger partial charge is 0.487 e. The molecule has 2 N–H and O–H groups in total. The molecule has 120 valence electrons. The van der Waals surface area contributed by atoms with E-state index in [1.165, 1.54) is 0 Å². The minimum absolute atomic E-state index is 0.390. The predicted molar refractivity (Wildman–Crippen MR) is 93.0 cm³/mol. The van der Waals surface area contributed by atoms with Crippen LogP contribution < -0.4 is 15.2 Å². The first-order chi connectivity index (χ1) is 11.7. The highest BCUT2D eigenvalue weighted by Gasteiger charge is 2.10. The molecule has 0 saturated heterocycles. The van der Waals surface area contributed by atoms with Crippen molar-refractivity contribution < 1.29 is 14.3 Å². The Labute approximate surface area is 140 Å². The fraction of sp³-hybridized carbons (Fsp3) is 0.0500. The van der Waals surface area contributed by atoms with E-state index in [2.05, 4.69) is 0 Å². The summed E-state index contributed by atoms with van der Waals surface area (Å²) in [4.78, 5) is 12.1. The minimum atomic E-state index is -0.422. The third kappa shape index (κ3) is 3.93. The Bertz CT molecular complexity index is 817. The molecule has 3 rings (SSSR count). The number of carbonyl (C=O) groups is 1. The monoisotopic (exact) mass is 319 g/mol. The lowest BCUT2D eigenvalue weighted by Gasteiger charge is -2.11. The average Bonchev–Trinajstić information content (AvgIpc) is 2.63. The van der Waals surface area contributed by atoms with E-state index in [0.717, 1.165) is 5.56 Å². The zero-order chi connectivity index (χ0) is 16.8. The van der Waals surface area contributed by atoms with Gasteiger partial charge in [-0.05, 0) is 29.8 Å². The first-order valence-electron chi connectivity index (χ1n) is 7.56. The number of carbonyl (C=O) groups excluding carboxylic acids is 1. The van der Waals surface area contributed by atoms with E-state index in [-0.39, 0.29) is 0 Å². The number of ether oxygens (including phenoxy) is 2. The minimum Gasteiger partial charge on any atom is -0.487 e. The summed E-state index contributed by atoms with van der Waals surface area (Å²) in [5.74, 6) is 0.452. The van der Waals surface area contributed by atoms with E-state index in [1.54, 1.807) is 42.5 Å². The van der Waals surface area contributed by atoms with E-state index in [1.807, 2.05) is 36.4 Å². The average molecular weight is 319 g/mol. The summed E-state index contributed by atoms with van der Waals surface area (Å²) in [5, 5.41) is 0. The maximum absolute atomic E-state index is 12.1. The molecule has 0 heterocycles. The third-order valence-electron chi connectivity index (χ3n) is 3.44. The number of nitrogen functional groups attached to an aromatic ring is 1. The second-order valence-corrected chi connectivity index (χ2v) is 5.23. The van der Waals surface area contributed by atoms with Crippen LogP contribution in [0.4, 0.5) is 5.69 Å². The Morgan fingerprint density at radius 3 is 2.25 bits per heavy atom. The Morgan fingerprint density at radius 2 is 1.54 bits per heavy atom. The molecule has 3 aromatic carbocycles. The highest BCUT2D eigenvalue weighted by Crippen LogP contribution is 2.28. The van der Waals surface area contributed by atoms with Gasteiger partial charge in [-0.15, -0.1) is 0 Å². The number of hydrogen-bond acceptors (Lipinski definition) is 4. The summed E-state index contributed by atoms with van der Waals surface area (Å²) in [6.07, 6.45) is 0. The summed E-state index contributed by atoms with van der Waals surface area (Å²) in [5.41, 5.74) is 7.94. The molecule has 0 bridgehead atoms. The van der Waals surface area contributed by atoms with Gasteiger partial charge in [-0.3, -0.25) is 0 Å². The lowest BCUT2D eigenvalue weighted by molar-refractivity contribution is 0.0734. The van der Waals surface area contributed by atoms with Gasteiger partial charge >= 0.3 is 5.97 Å². The lowest BCUT2D eigenvalue weighted by Crippen LogP contribution is -2.08. The molecule has 0 aliphatic rings. The number of rotatable bonds is 5. The molecule has 0 fully saturated rings. The van der Waals surface area contributed by atoms with Gasteiger partial charge in [-0.2, -0.15) is 0 Å². The van der Waals surface area contributed by atoms with E-state index in [0.29, 0.717) is 29.4 Å². The lowest BCUT2D eigenvalue weighted by atomic mass is 10.2. The van der Waals surface area contributed by atoms with Crippen LogP contribution in [-0.4, -0.2) is 5.97 Å². The van der Waals surface area contributed by atoms with Gasteiger partial charge in [0.25, 0.3) is 0 Å². The van der Waals surface area contributed by atoms with E-state index < -0.39 is 5.97 Å². The van der Waals surface area contributed by atoms with Crippen LogP contribution in [0.25, 0.3) is 0 Å². The van der Waals surface area contributed by atoms with Crippen molar-refractivity contribution in [2.45, 2.75) is 6.61 Å². The standard InChI is InChI=1S/C20H17NO3/c21-18-12-11-17(24-20(22)16-9-5-2-6-10-16)13-19(18)23-14-15-7-3-1-4-8-15/h1-13H,14,21H2. The first-order valence-corrected chi connectivity index (χ1v) is 7.56. The van der Waals surface area contributed by atoms with Crippen molar-refractivity contribution in [1.29, 1.82) is 0 Å². The maximum atomic E-state index is 12.1. The van der Waals surface area contributed by atoms with Crippen LogP contribution in [0.15, 0.2) is 78.9 Å². The van der Waals surface area contributed by atoms with Gasteiger partial charge < -0.3 is 15.2 Å². The third-order valence-corrected chi connectivity index (χ3v) is 3.44. The maximum Gasteiger partial charge on any atom is 0.343 e. The zero-order valence-corrected chi connectivity index (χ0v) is 13.0. The van der Waals surface area contributed by atoms with Gasteiger partial charge in [0.05, 0.1) is 11.3 Å². The van der Waals surface area contributed by atoms with Crippen molar-refractivity contribution in [2.75, 3.05) is 5.73 Å². The van der Waals surface area contributed by atoms with E-state index in [4.69, 9.17) is 15.2 Å². The van der Waals surface area contributed by atoms with Crippen molar-refractivity contribution in [2.24, 2.45) is 0 Å². The van der Waals surface area contributed by atoms with Crippen LogP contribution >= 0.6 is 0 Å². The van der Waals surface area contributed by atoms with Crippen LogP contribution in [-0.2, 0) is 6.61 Å². The van der Waals surface area contributed by atoms with Crippen molar-refractivity contribution in [3.05, 3.63) is 90.0 Å². The second kappa shape index (κ2) is 7.33. The highest BCUT2D eigenvalue weighted by molar-refractivity contribution is 5.91. The molecule has 24 heavy (non-hydrogen) atoms. The van der Waals surface area contributed by atoms with Crippen LogP contribution in [0, 0.1) is 0 Å². The SMILES string of the molecule is Nc1ccc(OC(=O)c2ccccc2)cc1OCc1ccccc1. The van der Waals surface area contributed by atoms with Gasteiger partial charge in [0, 0.05) is 6.07 Å². The fourth-order valence-corrected chi connectivity index (χ4v) is 2.18. The van der Waals surface area contributed by atoms with Crippen molar-refractivity contribution in [1.82, 2.24) is 0 Å². The van der Waals surface area contributed by atoms with Gasteiger partial charge in [-0.1, -0.05) is 48.5 Å². The van der Waals surface area contributed by atoms with Gasteiger partial charge in [0.2, 0.25) is 0 Å². The molecular formula is C20H17NO3. The molecule has 0 aromatic heterocycles. The quantitative estimate of drug-likeness (QED) is 0.437. The van der Waals surface area contributed by atoms with Crippen LogP contribution in [0.2, 0.25) is 0 Å². The van der Waals surface area contributed by atoms with E-state index >= 15 is 0 Å². The van der Waals surface area contributed by atoms with Crippen LogP contribution in [0.5, 0.6) is 11.5 Å². The number of nitrogens with two attached hydrogens (primary N) is 1. The molecule has 0 unspecified atom stereocenters. The summed E-state index contributed by atoms with van der Waals surface area (Å²) >= 11 is 0. The molecule has 0 aliphatic heterocycles. The first kappa shape index (κ1) is 15.6. The normalized spacial score (nSPS) is 10.2. The molecule has 3 aromatic rings. The van der Waals surface area contributed by atoms with Crippen molar-refractivity contribution >= 4 is 11.7 Å². The zero-order valence-electron chi connectivity index (χ0n) is 13.0. The fourth-order valence-electron chi connectivity index (χ4n) is 2.18. The number of anilines is 1. The second-order valence-electron chi connectivity index (χ2n) is 5.23. The number of benzene rings is 3. The van der Waals surface area contributed by atoms with Gasteiger partial charge in [-0.25, -0.2) is 4.79 Å². The predicted octanol–water partition coefficient (Wildman–Crippen LogP) is 4.07. The summed E-state index contributed by atoms with van der Waals surface area (Å²) in [7, 11) is 0. The molecule has 0 saturated carbocycles. The summed E-state index contributed by atoms with van der Waals surface area (Å²) in [6.45, 7) is 0.390. The molecule has 0 atom stereocenters. The molecule has 0 radical (unpaired) electrons. The number of esters is 1. The molecular weight excluding hydrogens is 302 g/mol. The summed E-state index contributed by atoms with van der Waals surface area (Å²) < 4.78 is 11.1. The Hall–Kier alpha value is -3.27. The smallest absolute Gasteiger partial charge is 0.343 e. The molecule has 0 spiro atoms. The Balaban J connectivity index is 1.70. The Morgan fingerprint density at radius 1 is 0.875 bits per heavy atom. The molecule has 0 aliphatic carbocycles. The summed E-state index contributed by atoms with van der Waals surface area (Å²) in [6, 6.07) is 23.5. The van der Waals surface area contributed by atoms with Gasteiger partial charge in [0.1, 0.15) is 18.1 Å². The van der Waals surface area contributed by atoms with Crippen molar-refractivity contribution in [3.8, 4) is 11.5 Å². The molecule has 4 nitrogen and oxygen atoms in total. The highest BCUT2D eigenvalue weighted by atomic mass is 16.5. The Kier molecular flexibility index (Phi) is 4.77. The van der Waals surface area contributed by atoms with E-state index in [9.17, 15) is 4.79 Å².